The van der Waals surface area contributed by atoms with Crippen molar-refractivity contribution in [2.75, 3.05) is 11.5 Å². The molecule has 1 atom stereocenters. The summed E-state index contributed by atoms with van der Waals surface area (Å²) in [6.07, 6.45) is 3.22. The Kier molecular flexibility index (Phi) is 15.2. The molecule has 100 valence electrons. The van der Waals surface area contributed by atoms with Gasteiger partial charge >= 0.3 is 7.82 Å². The number of phosphoric acid groups is 1. The molecule has 0 aromatic heterocycles. The molecular weight excluding hydrogens is 333 g/mol. The third kappa shape index (κ3) is 15.4. The van der Waals surface area contributed by atoms with Crippen molar-refractivity contribution in [3.05, 3.63) is 0 Å². The summed E-state index contributed by atoms with van der Waals surface area (Å²) in [4.78, 5) is 9.25. The molecule has 0 bridgehead atoms. The Bertz CT molecular complexity index is 219. The smallest absolute Gasteiger partial charge is 0.301 e. The van der Waals surface area contributed by atoms with Crippen molar-refractivity contribution in [2.45, 2.75) is 40.0 Å². The molecule has 17 heavy (non-hydrogen) atoms. The Morgan fingerprint density at radius 3 is 2.35 bits per heavy atom. The minimum atomic E-state index is -3.87. The molecule has 0 aliphatic heterocycles. The van der Waals surface area contributed by atoms with Gasteiger partial charge in [-0.05, 0) is 12.3 Å². The number of hydrogen-bond donors (Lipinski definition) is 1. The molecule has 0 aliphatic rings. The van der Waals surface area contributed by atoms with Crippen LogP contribution in [0, 0.1) is 5.92 Å². The molecule has 1 N–H and O–H groups in total. The van der Waals surface area contributed by atoms with Gasteiger partial charge in [-0.2, -0.15) is 0 Å². The number of unbranched alkanes of at least 4 members (excludes halogenated alkanes) is 2. The Balaban J connectivity index is 0. The Labute approximate surface area is 126 Å². The van der Waals surface area contributed by atoms with E-state index >= 15 is 0 Å². The Hall–Kier alpha value is 1.43. The molecule has 1 unspecified atom stereocenters. The van der Waals surface area contributed by atoms with E-state index in [4.69, 9.17) is 7.94 Å². The predicted molar refractivity (Wildman–Crippen MR) is 71.3 cm³/mol. The van der Waals surface area contributed by atoms with Crippen LogP contribution in [-0.2, 0) is 32.0 Å². The minimum Gasteiger partial charge on any atom is -0.301 e. The monoisotopic (exact) mass is 352 g/mol. The van der Waals surface area contributed by atoms with Gasteiger partial charge in [0.1, 0.15) is 0 Å². The van der Waals surface area contributed by atoms with Crippen molar-refractivity contribution in [3.8, 4) is 0 Å². The van der Waals surface area contributed by atoms with Crippen LogP contribution in [-0.4, -0.2) is 16.4 Å². The van der Waals surface area contributed by atoms with Crippen molar-refractivity contribution >= 4 is 31.9 Å². The third-order valence-corrected chi connectivity index (χ3v) is 5.13. The van der Waals surface area contributed by atoms with Gasteiger partial charge in [-0.1, -0.05) is 33.6 Å². The van der Waals surface area contributed by atoms with E-state index in [0.29, 0.717) is 11.7 Å². The van der Waals surface area contributed by atoms with E-state index in [9.17, 15) is 9.46 Å². The average Bonchev–Trinajstić information content (AvgIpc) is 2.16. The van der Waals surface area contributed by atoms with Crippen LogP contribution in [0.4, 0.5) is 0 Å². The molecule has 8 heteroatoms. The van der Waals surface area contributed by atoms with Gasteiger partial charge in [0.15, 0.2) is 0 Å². The first-order valence-corrected chi connectivity index (χ1v) is 8.75. The maximum absolute atomic E-state index is 11.3. The SMILES string of the molecule is CCCCCSOP(=O)(O)OSCC(C)C.[Zn]. The number of rotatable bonds is 10. The van der Waals surface area contributed by atoms with Gasteiger partial charge in [0.05, 0.1) is 0 Å². The van der Waals surface area contributed by atoms with Crippen molar-refractivity contribution in [1.82, 2.24) is 0 Å². The molecule has 0 saturated carbocycles. The Morgan fingerprint density at radius 2 is 1.82 bits per heavy atom. The molecule has 0 aliphatic carbocycles. The molecule has 0 aromatic carbocycles. The summed E-state index contributed by atoms with van der Waals surface area (Å²) in [5.41, 5.74) is 0. The molecule has 0 aromatic rings. The van der Waals surface area contributed by atoms with Gasteiger partial charge in [0.2, 0.25) is 0 Å². The zero-order valence-electron chi connectivity index (χ0n) is 10.8. The minimum absolute atomic E-state index is 0. The van der Waals surface area contributed by atoms with Crippen LogP contribution >= 0.6 is 31.9 Å². The summed E-state index contributed by atoms with van der Waals surface area (Å²) in [6, 6.07) is 0. The van der Waals surface area contributed by atoms with Gasteiger partial charge < -0.3 is 4.89 Å². The summed E-state index contributed by atoms with van der Waals surface area (Å²) in [6.45, 7) is 6.13. The molecular formula is C9H21O4PS2Zn. The normalized spacial score (nSPS) is 14.4. The summed E-state index contributed by atoms with van der Waals surface area (Å²) >= 11 is 1.99. The van der Waals surface area contributed by atoms with Crippen molar-refractivity contribution in [3.63, 3.8) is 0 Å². The quantitative estimate of drug-likeness (QED) is 0.274. The topological polar surface area (TPSA) is 55.8 Å². The van der Waals surface area contributed by atoms with Crippen LogP contribution < -0.4 is 0 Å². The maximum Gasteiger partial charge on any atom is 0.494 e. The Morgan fingerprint density at radius 1 is 1.24 bits per heavy atom. The second-order valence-corrected chi connectivity index (χ2v) is 7.17. The van der Waals surface area contributed by atoms with E-state index in [2.05, 4.69) is 6.92 Å². The van der Waals surface area contributed by atoms with Crippen LogP contribution in [0.1, 0.15) is 40.0 Å². The second-order valence-electron chi connectivity index (χ2n) is 3.83. The van der Waals surface area contributed by atoms with E-state index in [1.807, 2.05) is 13.8 Å². The summed E-state index contributed by atoms with van der Waals surface area (Å²) in [7, 11) is -3.87. The first kappa shape index (κ1) is 20.7. The molecule has 0 rings (SSSR count). The van der Waals surface area contributed by atoms with E-state index in [1.165, 1.54) is 0 Å². The van der Waals surface area contributed by atoms with Crippen molar-refractivity contribution in [2.24, 2.45) is 5.92 Å². The maximum atomic E-state index is 11.3. The van der Waals surface area contributed by atoms with E-state index in [0.717, 1.165) is 49.1 Å². The standard InChI is InChI=1S/C9H21O4PS2.Zn/c1-4-5-6-7-15-12-14(10,11)13-16-8-9(2)3;/h9H,4-8H2,1-3H3,(H,10,11);. The van der Waals surface area contributed by atoms with Crippen molar-refractivity contribution < 1.29 is 36.9 Å². The second kappa shape index (κ2) is 12.5. The molecule has 0 heterocycles. The van der Waals surface area contributed by atoms with E-state index in [-0.39, 0.29) is 19.5 Å². The molecule has 0 spiro atoms. The van der Waals surface area contributed by atoms with Gasteiger partial charge in [0, 0.05) is 55.1 Å². The molecule has 4 nitrogen and oxygen atoms in total. The average molecular weight is 354 g/mol. The van der Waals surface area contributed by atoms with E-state index in [1.54, 1.807) is 0 Å². The number of hydrogen-bond acceptors (Lipinski definition) is 5. The fourth-order valence-corrected chi connectivity index (χ4v) is 3.28. The largest absolute Gasteiger partial charge is 0.494 e. The summed E-state index contributed by atoms with van der Waals surface area (Å²) in [5.74, 6) is 1.81. The van der Waals surface area contributed by atoms with Gasteiger partial charge in [-0.25, -0.2) is 12.5 Å². The van der Waals surface area contributed by atoms with Gasteiger partial charge in [-0.3, -0.25) is 0 Å². The molecule has 0 fully saturated rings. The van der Waals surface area contributed by atoms with Crippen LogP contribution in [0.2, 0.25) is 0 Å². The molecule has 0 radical (unpaired) electrons. The summed E-state index contributed by atoms with van der Waals surface area (Å²) in [5, 5.41) is 0. The molecule has 0 saturated heterocycles. The van der Waals surface area contributed by atoms with Crippen molar-refractivity contribution in [1.29, 1.82) is 0 Å². The zero-order valence-corrected chi connectivity index (χ0v) is 16.3. The van der Waals surface area contributed by atoms with E-state index < -0.39 is 7.82 Å². The first-order chi connectivity index (χ1) is 7.48. The fraction of sp³-hybridized carbons (Fsp3) is 1.00. The van der Waals surface area contributed by atoms with Crippen LogP contribution in [0.25, 0.3) is 0 Å². The van der Waals surface area contributed by atoms with Gasteiger partial charge in [-0.15, -0.1) is 0 Å². The van der Waals surface area contributed by atoms with Crippen LogP contribution in [0.5, 0.6) is 0 Å². The van der Waals surface area contributed by atoms with Gasteiger partial charge in [0.25, 0.3) is 0 Å². The van der Waals surface area contributed by atoms with Crippen LogP contribution in [0.15, 0.2) is 0 Å². The fourth-order valence-electron chi connectivity index (χ4n) is 0.760. The van der Waals surface area contributed by atoms with Crippen LogP contribution in [0.3, 0.4) is 0 Å². The summed E-state index contributed by atoms with van der Waals surface area (Å²) < 4.78 is 20.8. The first-order valence-electron chi connectivity index (χ1n) is 5.43. The zero-order chi connectivity index (χ0) is 12.4. The predicted octanol–water partition coefficient (Wildman–Crippen LogP) is 4.26. The molecule has 0 amide bonds. The third-order valence-electron chi connectivity index (χ3n) is 1.53.